The molecule has 1 atom stereocenters. The molecule has 28 heavy (non-hydrogen) atoms. The van der Waals surface area contributed by atoms with Gasteiger partial charge in [-0.25, -0.2) is 4.79 Å². The Kier molecular flexibility index (Phi) is 7.71. The van der Waals surface area contributed by atoms with Gasteiger partial charge in [0.25, 0.3) is 0 Å². The number of anilines is 1. The molecule has 2 aliphatic heterocycles. The third-order valence-electron chi connectivity index (χ3n) is 5.85. The number of piperazine rings is 1. The maximum Gasteiger partial charge on any atom is 0.321 e. The molecule has 2 heterocycles. The molecule has 0 bridgehead atoms. The van der Waals surface area contributed by atoms with Crippen molar-refractivity contribution in [1.82, 2.24) is 14.7 Å². The molecule has 154 valence electrons. The van der Waals surface area contributed by atoms with E-state index in [1.54, 1.807) is 0 Å². The first kappa shape index (κ1) is 20.6. The number of likely N-dealkylation sites (tertiary alicyclic amines) is 1. The maximum absolute atomic E-state index is 12.7. The number of rotatable bonds is 6. The summed E-state index contributed by atoms with van der Waals surface area (Å²) in [7, 11) is 0. The number of carbonyl (C=O) groups excluding carboxylic acids is 2. The Hall–Kier alpha value is -2.08. The minimum atomic E-state index is -0.0621. The normalized spacial score (nSPS) is 20.8. The van der Waals surface area contributed by atoms with Crippen molar-refractivity contribution in [2.45, 2.75) is 39.0 Å². The number of piperidine rings is 1. The predicted molar refractivity (Wildman–Crippen MR) is 112 cm³/mol. The van der Waals surface area contributed by atoms with Crippen LogP contribution in [-0.2, 0) is 4.79 Å². The number of nitrogens with one attached hydrogen (secondary N) is 1. The van der Waals surface area contributed by atoms with Crippen LogP contribution in [0.2, 0.25) is 0 Å². The van der Waals surface area contributed by atoms with Gasteiger partial charge < -0.3 is 15.1 Å². The van der Waals surface area contributed by atoms with Crippen LogP contribution in [0.25, 0.3) is 0 Å². The smallest absolute Gasteiger partial charge is 0.321 e. The summed E-state index contributed by atoms with van der Waals surface area (Å²) < 4.78 is 0. The molecule has 1 aromatic carbocycles. The maximum atomic E-state index is 12.7. The zero-order chi connectivity index (χ0) is 19.8. The first-order valence-corrected chi connectivity index (χ1v) is 10.8. The van der Waals surface area contributed by atoms with Crippen LogP contribution in [0, 0.1) is 5.92 Å². The number of benzene rings is 1. The summed E-state index contributed by atoms with van der Waals surface area (Å²) in [5.41, 5.74) is 0.812. The van der Waals surface area contributed by atoms with Gasteiger partial charge >= 0.3 is 6.03 Å². The van der Waals surface area contributed by atoms with Crippen LogP contribution in [0.4, 0.5) is 10.5 Å². The first-order valence-electron chi connectivity index (χ1n) is 10.8. The van der Waals surface area contributed by atoms with Gasteiger partial charge in [-0.05, 0) is 43.9 Å². The Morgan fingerprint density at radius 3 is 2.50 bits per heavy atom. The molecule has 0 aliphatic carbocycles. The van der Waals surface area contributed by atoms with Crippen molar-refractivity contribution in [3.8, 4) is 0 Å². The van der Waals surface area contributed by atoms with Crippen molar-refractivity contribution >= 4 is 17.6 Å². The van der Waals surface area contributed by atoms with E-state index in [-0.39, 0.29) is 17.9 Å². The highest BCUT2D eigenvalue weighted by Crippen LogP contribution is 2.22. The van der Waals surface area contributed by atoms with E-state index in [9.17, 15) is 9.59 Å². The molecule has 0 radical (unpaired) electrons. The lowest BCUT2D eigenvalue weighted by Gasteiger charge is -2.37. The fraction of sp³-hybridized carbons (Fsp3) is 0.636. The van der Waals surface area contributed by atoms with Crippen LogP contribution in [0.1, 0.15) is 39.0 Å². The third-order valence-corrected chi connectivity index (χ3v) is 5.85. The topological polar surface area (TPSA) is 55.9 Å². The molecule has 1 N–H and O–H groups in total. The van der Waals surface area contributed by atoms with Gasteiger partial charge in [0.15, 0.2) is 0 Å². The van der Waals surface area contributed by atoms with Gasteiger partial charge in [-0.1, -0.05) is 31.5 Å². The van der Waals surface area contributed by atoms with E-state index in [1.165, 1.54) is 12.8 Å². The third kappa shape index (κ3) is 5.96. The van der Waals surface area contributed by atoms with Gasteiger partial charge in [0.2, 0.25) is 5.91 Å². The number of carbonyl (C=O) groups is 2. The molecule has 6 heteroatoms. The molecule has 2 saturated heterocycles. The van der Waals surface area contributed by atoms with E-state index in [2.05, 4.69) is 17.1 Å². The molecule has 6 nitrogen and oxygen atoms in total. The van der Waals surface area contributed by atoms with Crippen molar-refractivity contribution in [2.75, 3.05) is 51.1 Å². The lowest BCUT2D eigenvalue weighted by atomic mass is 9.94. The molecular formula is C22H34N4O2. The monoisotopic (exact) mass is 386 g/mol. The van der Waals surface area contributed by atoms with E-state index >= 15 is 0 Å². The summed E-state index contributed by atoms with van der Waals surface area (Å²) in [5.74, 6) is 0.520. The lowest BCUT2D eigenvalue weighted by molar-refractivity contribution is -0.134. The number of urea groups is 1. The van der Waals surface area contributed by atoms with Crippen LogP contribution in [0.3, 0.4) is 0 Å². The quantitative estimate of drug-likeness (QED) is 0.816. The molecule has 1 aromatic rings. The summed E-state index contributed by atoms with van der Waals surface area (Å²) >= 11 is 0. The minimum absolute atomic E-state index is 0.0621. The van der Waals surface area contributed by atoms with Crippen LogP contribution >= 0.6 is 0 Å². The molecule has 2 fully saturated rings. The molecule has 0 aromatic heterocycles. The Morgan fingerprint density at radius 2 is 1.79 bits per heavy atom. The van der Waals surface area contributed by atoms with E-state index in [1.807, 2.05) is 40.1 Å². The van der Waals surface area contributed by atoms with Gasteiger partial charge in [0, 0.05) is 51.4 Å². The fourth-order valence-corrected chi connectivity index (χ4v) is 4.12. The van der Waals surface area contributed by atoms with Crippen LogP contribution in [0.15, 0.2) is 30.3 Å². The Balaban J connectivity index is 1.43. The van der Waals surface area contributed by atoms with Crippen LogP contribution < -0.4 is 5.32 Å². The van der Waals surface area contributed by atoms with Gasteiger partial charge in [-0.2, -0.15) is 0 Å². The molecule has 2 aliphatic rings. The Bertz CT molecular complexity index is 629. The van der Waals surface area contributed by atoms with Crippen molar-refractivity contribution in [3.05, 3.63) is 30.3 Å². The lowest BCUT2D eigenvalue weighted by Crippen LogP contribution is -2.50. The number of amides is 3. The van der Waals surface area contributed by atoms with Gasteiger partial charge in [0.05, 0.1) is 0 Å². The number of hydrogen-bond acceptors (Lipinski definition) is 3. The van der Waals surface area contributed by atoms with Gasteiger partial charge in [0.1, 0.15) is 0 Å². The second-order valence-electron chi connectivity index (χ2n) is 8.03. The fourth-order valence-electron chi connectivity index (χ4n) is 4.12. The van der Waals surface area contributed by atoms with Crippen molar-refractivity contribution in [1.29, 1.82) is 0 Å². The Labute approximate surface area is 168 Å². The predicted octanol–water partition coefficient (Wildman–Crippen LogP) is 3.26. The number of nitrogens with zero attached hydrogens (tertiary/aromatic N) is 3. The van der Waals surface area contributed by atoms with E-state index in [0.29, 0.717) is 13.0 Å². The second-order valence-corrected chi connectivity index (χ2v) is 8.03. The average molecular weight is 387 g/mol. The molecule has 0 spiro atoms. The van der Waals surface area contributed by atoms with E-state index < -0.39 is 0 Å². The van der Waals surface area contributed by atoms with Crippen LogP contribution in [0.5, 0.6) is 0 Å². The highest BCUT2D eigenvalue weighted by atomic mass is 16.2. The summed E-state index contributed by atoms with van der Waals surface area (Å²) in [6, 6.07) is 9.48. The highest BCUT2D eigenvalue weighted by molar-refractivity contribution is 5.89. The van der Waals surface area contributed by atoms with Gasteiger partial charge in [-0.3, -0.25) is 9.69 Å². The number of para-hydroxylation sites is 1. The molecule has 1 unspecified atom stereocenters. The average Bonchev–Trinajstić information content (AvgIpc) is 2.73. The summed E-state index contributed by atoms with van der Waals surface area (Å²) in [4.78, 5) is 31.6. The number of hydrogen-bond donors (Lipinski definition) is 1. The summed E-state index contributed by atoms with van der Waals surface area (Å²) in [6.07, 6.45) is 5.00. The highest BCUT2D eigenvalue weighted by Gasteiger charge is 2.28. The Morgan fingerprint density at radius 1 is 1.04 bits per heavy atom. The number of unbranched alkanes of at least 4 members (excludes halogenated alkanes) is 1. The largest absolute Gasteiger partial charge is 0.340 e. The summed E-state index contributed by atoms with van der Waals surface area (Å²) in [5, 5.41) is 2.96. The van der Waals surface area contributed by atoms with E-state index in [0.717, 1.165) is 57.8 Å². The van der Waals surface area contributed by atoms with Crippen molar-refractivity contribution in [2.24, 2.45) is 5.92 Å². The minimum Gasteiger partial charge on any atom is -0.340 e. The van der Waals surface area contributed by atoms with Crippen molar-refractivity contribution < 1.29 is 9.59 Å². The second kappa shape index (κ2) is 10.5. The zero-order valence-electron chi connectivity index (χ0n) is 17.1. The summed E-state index contributed by atoms with van der Waals surface area (Å²) in [6.45, 7) is 8.45. The molecule has 3 amide bonds. The molecule has 3 rings (SSSR count). The zero-order valence-corrected chi connectivity index (χ0v) is 17.1. The van der Waals surface area contributed by atoms with Crippen LogP contribution in [-0.4, -0.2) is 72.5 Å². The van der Waals surface area contributed by atoms with Gasteiger partial charge in [-0.15, -0.1) is 0 Å². The van der Waals surface area contributed by atoms with Crippen molar-refractivity contribution in [3.63, 3.8) is 0 Å². The van der Waals surface area contributed by atoms with E-state index in [4.69, 9.17) is 0 Å². The standard InChI is InChI=1S/C22H34N4O2/c1-2-3-11-24-13-15-25(16-14-24)21(27)17-19-8-7-12-26(18-19)22(28)23-20-9-5-4-6-10-20/h4-6,9-10,19H,2-3,7-8,11-18H2,1H3,(H,23,28). The first-order chi connectivity index (χ1) is 13.7. The molecule has 0 saturated carbocycles. The molecular weight excluding hydrogens is 352 g/mol. The SMILES string of the molecule is CCCCN1CCN(C(=O)CC2CCCN(C(=O)Nc3ccccc3)C2)CC1.